The third-order valence-electron chi connectivity index (χ3n) is 5.03. The summed E-state index contributed by atoms with van der Waals surface area (Å²) in [5.74, 6) is 1.80. The molecule has 0 saturated carbocycles. The van der Waals surface area contributed by atoms with E-state index < -0.39 is 0 Å². The fourth-order valence-corrected chi connectivity index (χ4v) is 3.63. The first-order chi connectivity index (χ1) is 9.24. The highest BCUT2D eigenvalue weighted by Gasteiger charge is 2.28. The molecule has 1 atom stereocenters. The molecule has 0 aliphatic carbocycles. The summed E-state index contributed by atoms with van der Waals surface area (Å²) in [5.41, 5.74) is 2.83. The van der Waals surface area contributed by atoms with E-state index in [0.717, 1.165) is 18.4 Å². The molecular weight excluding hydrogens is 232 g/mol. The van der Waals surface area contributed by atoms with Crippen molar-refractivity contribution in [2.24, 2.45) is 11.8 Å². The Labute approximate surface area is 117 Å². The molecule has 1 aromatic rings. The second-order valence-corrected chi connectivity index (χ2v) is 6.51. The molecule has 2 nitrogen and oxygen atoms in total. The molecule has 0 bridgehead atoms. The summed E-state index contributed by atoms with van der Waals surface area (Å²) in [6.07, 6.45) is 3.99. The van der Waals surface area contributed by atoms with E-state index in [1.165, 1.54) is 43.6 Å². The fraction of sp³-hybridized carbons (Fsp3) is 0.647. The quantitative estimate of drug-likeness (QED) is 0.874. The highest BCUT2D eigenvalue weighted by molar-refractivity contribution is 5.53. The van der Waals surface area contributed by atoms with Gasteiger partial charge in [0.25, 0.3) is 0 Å². The van der Waals surface area contributed by atoms with E-state index in [4.69, 9.17) is 0 Å². The number of piperidine rings is 1. The SMILES string of the molecule is CC(C)C1CCN(C2CNc3ccccc3C2)CC1. The summed E-state index contributed by atoms with van der Waals surface area (Å²) >= 11 is 0. The highest BCUT2D eigenvalue weighted by atomic mass is 15.2. The smallest absolute Gasteiger partial charge is 0.0373 e. The number of hydrogen-bond acceptors (Lipinski definition) is 2. The van der Waals surface area contributed by atoms with Crippen LogP contribution in [0.4, 0.5) is 5.69 Å². The standard InChI is InChI=1S/C17H26N2/c1-13(2)14-7-9-19(10-8-14)16-11-15-5-3-4-6-17(15)18-12-16/h3-6,13-14,16,18H,7-12H2,1-2H3. The first-order valence-corrected chi connectivity index (χ1v) is 7.80. The molecule has 0 amide bonds. The maximum absolute atomic E-state index is 3.60. The molecule has 1 aromatic carbocycles. The van der Waals surface area contributed by atoms with E-state index >= 15 is 0 Å². The molecule has 0 radical (unpaired) electrons. The first-order valence-electron chi connectivity index (χ1n) is 7.80. The molecule has 2 heterocycles. The number of benzene rings is 1. The van der Waals surface area contributed by atoms with Gasteiger partial charge in [-0.2, -0.15) is 0 Å². The molecule has 1 N–H and O–H groups in total. The maximum Gasteiger partial charge on any atom is 0.0373 e. The molecule has 2 aliphatic heterocycles. The molecule has 1 saturated heterocycles. The number of rotatable bonds is 2. The average molecular weight is 258 g/mol. The van der Waals surface area contributed by atoms with E-state index in [1.54, 1.807) is 0 Å². The second-order valence-electron chi connectivity index (χ2n) is 6.51. The van der Waals surface area contributed by atoms with Gasteiger partial charge in [-0.25, -0.2) is 0 Å². The van der Waals surface area contributed by atoms with Crippen LogP contribution in [-0.4, -0.2) is 30.6 Å². The molecule has 1 unspecified atom stereocenters. The van der Waals surface area contributed by atoms with Gasteiger partial charge in [0.1, 0.15) is 0 Å². The van der Waals surface area contributed by atoms with Gasteiger partial charge in [-0.3, -0.25) is 4.90 Å². The van der Waals surface area contributed by atoms with Gasteiger partial charge in [0.05, 0.1) is 0 Å². The molecule has 3 rings (SSSR count). The van der Waals surface area contributed by atoms with Gasteiger partial charge in [0.2, 0.25) is 0 Å². The van der Waals surface area contributed by atoms with Gasteiger partial charge >= 0.3 is 0 Å². The number of para-hydroxylation sites is 1. The van der Waals surface area contributed by atoms with Gasteiger partial charge in [-0.15, -0.1) is 0 Å². The van der Waals surface area contributed by atoms with E-state index in [2.05, 4.69) is 48.3 Å². The molecule has 2 aliphatic rings. The highest BCUT2D eigenvalue weighted by Crippen LogP contribution is 2.29. The number of nitrogens with one attached hydrogen (secondary N) is 1. The lowest BCUT2D eigenvalue weighted by Gasteiger charge is -2.41. The van der Waals surface area contributed by atoms with Crippen molar-refractivity contribution in [3.05, 3.63) is 29.8 Å². The van der Waals surface area contributed by atoms with E-state index in [9.17, 15) is 0 Å². The Balaban J connectivity index is 1.60. The minimum atomic E-state index is 0.697. The summed E-state index contributed by atoms with van der Waals surface area (Å²) in [7, 11) is 0. The minimum absolute atomic E-state index is 0.697. The molecule has 19 heavy (non-hydrogen) atoms. The number of likely N-dealkylation sites (tertiary alicyclic amines) is 1. The summed E-state index contributed by atoms with van der Waals surface area (Å²) < 4.78 is 0. The zero-order chi connectivity index (χ0) is 13.2. The van der Waals surface area contributed by atoms with Crippen LogP contribution in [0.15, 0.2) is 24.3 Å². The van der Waals surface area contributed by atoms with E-state index in [1.807, 2.05) is 0 Å². The predicted molar refractivity (Wildman–Crippen MR) is 81.6 cm³/mol. The Morgan fingerprint density at radius 3 is 2.63 bits per heavy atom. The molecule has 104 valence electrons. The number of fused-ring (bicyclic) bond motifs is 1. The van der Waals surface area contributed by atoms with Crippen LogP contribution in [0, 0.1) is 11.8 Å². The van der Waals surface area contributed by atoms with Gasteiger partial charge < -0.3 is 5.32 Å². The van der Waals surface area contributed by atoms with Crippen molar-refractivity contribution in [2.45, 2.75) is 39.2 Å². The van der Waals surface area contributed by atoms with E-state index in [-0.39, 0.29) is 0 Å². The Bertz CT molecular complexity index is 419. The van der Waals surface area contributed by atoms with Crippen LogP contribution in [0.3, 0.4) is 0 Å². The monoisotopic (exact) mass is 258 g/mol. The van der Waals surface area contributed by atoms with Gasteiger partial charge in [0.15, 0.2) is 0 Å². The first kappa shape index (κ1) is 13.0. The lowest BCUT2D eigenvalue weighted by molar-refractivity contribution is 0.117. The molecule has 2 heteroatoms. The van der Waals surface area contributed by atoms with Crippen LogP contribution in [0.1, 0.15) is 32.3 Å². The van der Waals surface area contributed by atoms with Crippen molar-refractivity contribution in [3.63, 3.8) is 0 Å². The molecule has 0 spiro atoms. The van der Waals surface area contributed by atoms with Crippen molar-refractivity contribution in [1.82, 2.24) is 4.90 Å². The van der Waals surface area contributed by atoms with Crippen molar-refractivity contribution >= 4 is 5.69 Å². The maximum atomic E-state index is 3.60. The lowest BCUT2D eigenvalue weighted by Crippen LogP contribution is -2.48. The Morgan fingerprint density at radius 1 is 1.16 bits per heavy atom. The largest absolute Gasteiger partial charge is 0.383 e. The van der Waals surface area contributed by atoms with Crippen molar-refractivity contribution in [3.8, 4) is 0 Å². The van der Waals surface area contributed by atoms with Crippen LogP contribution in [0.5, 0.6) is 0 Å². The summed E-state index contributed by atoms with van der Waals surface area (Å²) in [4.78, 5) is 2.71. The van der Waals surface area contributed by atoms with Crippen LogP contribution in [0.25, 0.3) is 0 Å². The second kappa shape index (κ2) is 5.54. The lowest BCUT2D eigenvalue weighted by atomic mass is 9.85. The van der Waals surface area contributed by atoms with Crippen LogP contribution in [0.2, 0.25) is 0 Å². The van der Waals surface area contributed by atoms with Crippen molar-refractivity contribution in [1.29, 1.82) is 0 Å². The number of anilines is 1. The normalized spacial score (nSPS) is 25.1. The van der Waals surface area contributed by atoms with Crippen LogP contribution >= 0.6 is 0 Å². The number of nitrogens with zero attached hydrogens (tertiary/aromatic N) is 1. The molecule has 0 aromatic heterocycles. The van der Waals surface area contributed by atoms with Gasteiger partial charge in [0, 0.05) is 18.3 Å². The Morgan fingerprint density at radius 2 is 1.89 bits per heavy atom. The average Bonchev–Trinajstić information content (AvgIpc) is 2.47. The summed E-state index contributed by atoms with van der Waals surface area (Å²) in [6.45, 7) is 8.44. The Hall–Kier alpha value is -1.02. The summed E-state index contributed by atoms with van der Waals surface area (Å²) in [5, 5.41) is 3.60. The molecule has 1 fully saturated rings. The zero-order valence-corrected chi connectivity index (χ0v) is 12.2. The fourth-order valence-electron chi connectivity index (χ4n) is 3.63. The van der Waals surface area contributed by atoms with Crippen molar-refractivity contribution in [2.75, 3.05) is 25.0 Å². The minimum Gasteiger partial charge on any atom is -0.383 e. The van der Waals surface area contributed by atoms with Gasteiger partial charge in [-0.05, 0) is 55.8 Å². The zero-order valence-electron chi connectivity index (χ0n) is 12.2. The van der Waals surface area contributed by atoms with E-state index in [0.29, 0.717) is 6.04 Å². The predicted octanol–water partition coefficient (Wildman–Crippen LogP) is 3.39. The topological polar surface area (TPSA) is 15.3 Å². The van der Waals surface area contributed by atoms with Crippen LogP contribution < -0.4 is 5.32 Å². The third kappa shape index (κ3) is 2.79. The van der Waals surface area contributed by atoms with Crippen molar-refractivity contribution < 1.29 is 0 Å². The summed E-state index contributed by atoms with van der Waals surface area (Å²) in [6, 6.07) is 9.46. The van der Waals surface area contributed by atoms with Crippen LogP contribution in [-0.2, 0) is 6.42 Å². The van der Waals surface area contributed by atoms with Gasteiger partial charge in [-0.1, -0.05) is 32.0 Å². The Kier molecular flexibility index (Phi) is 3.79. The molecular formula is C17H26N2. The third-order valence-corrected chi connectivity index (χ3v) is 5.03. The number of hydrogen-bond donors (Lipinski definition) is 1.